The molecule has 2 aromatic heterocycles. The zero-order valence-electron chi connectivity index (χ0n) is 15.7. The lowest BCUT2D eigenvalue weighted by atomic mass is 10.2. The molecule has 0 saturated carbocycles. The topological polar surface area (TPSA) is 95.7 Å². The molecule has 4 rings (SSSR count). The molecule has 1 aliphatic rings. The van der Waals surface area contributed by atoms with E-state index in [0.29, 0.717) is 17.8 Å². The van der Waals surface area contributed by atoms with E-state index in [1.165, 1.54) is 11.8 Å². The lowest BCUT2D eigenvalue weighted by Gasteiger charge is -2.21. The lowest BCUT2D eigenvalue weighted by molar-refractivity contribution is -0.113. The van der Waals surface area contributed by atoms with E-state index < -0.39 is 0 Å². The van der Waals surface area contributed by atoms with E-state index in [4.69, 9.17) is 4.42 Å². The van der Waals surface area contributed by atoms with Crippen LogP contribution >= 0.6 is 11.8 Å². The van der Waals surface area contributed by atoms with Crippen molar-refractivity contribution in [1.82, 2.24) is 9.88 Å². The van der Waals surface area contributed by atoms with Gasteiger partial charge in [-0.2, -0.15) is 0 Å². The molecule has 1 atom stereocenters. The van der Waals surface area contributed by atoms with Crippen molar-refractivity contribution in [1.29, 1.82) is 0 Å². The highest BCUT2D eigenvalue weighted by atomic mass is 32.2. The molecule has 0 unspecified atom stereocenters. The quantitative estimate of drug-likeness (QED) is 0.605. The number of furan rings is 1. The van der Waals surface area contributed by atoms with E-state index in [1.54, 1.807) is 41.6 Å². The number of aliphatic hydroxyl groups excluding tert-OH is 1. The molecule has 0 aliphatic carbocycles. The Hall–Kier alpha value is -2.84. The van der Waals surface area contributed by atoms with Crippen LogP contribution in [-0.2, 0) is 4.79 Å². The molecule has 1 aromatic carbocycles. The number of nitrogens with one attached hydrogen (secondary N) is 1. The number of aliphatic hydroxyl groups is 1. The second-order valence-electron chi connectivity index (χ2n) is 6.86. The third-order valence-electron chi connectivity index (χ3n) is 4.88. The molecular weight excluding hydrogens is 390 g/mol. The Kier molecular flexibility index (Phi) is 5.82. The van der Waals surface area contributed by atoms with E-state index in [0.717, 1.165) is 23.1 Å². The average molecular weight is 411 g/mol. The maximum Gasteiger partial charge on any atom is 0.289 e. The normalized spacial score (nSPS) is 16.3. The number of aromatic nitrogens is 1. The molecule has 0 bridgehead atoms. The van der Waals surface area contributed by atoms with Gasteiger partial charge in [0.05, 0.1) is 18.4 Å². The number of benzene rings is 1. The van der Waals surface area contributed by atoms with Gasteiger partial charge < -0.3 is 19.7 Å². The summed E-state index contributed by atoms with van der Waals surface area (Å²) in [6.07, 6.45) is 5.06. The van der Waals surface area contributed by atoms with Crippen LogP contribution < -0.4 is 5.32 Å². The van der Waals surface area contributed by atoms with Gasteiger partial charge in [-0.3, -0.25) is 14.6 Å². The van der Waals surface area contributed by atoms with Gasteiger partial charge in [-0.15, -0.1) is 11.8 Å². The fourth-order valence-corrected chi connectivity index (χ4v) is 4.13. The van der Waals surface area contributed by atoms with Gasteiger partial charge in [0.15, 0.2) is 5.76 Å². The number of amides is 2. The van der Waals surface area contributed by atoms with Gasteiger partial charge in [-0.05, 0) is 49.2 Å². The van der Waals surface area contributed by atoms with Crippen molar-refractivity contribution in [3.63, 3.8) is 0 Å². The number of anilines is 1. The summed E-state index contributed by atoms with van der Waals surface area (Å²) in [5.74, 6) is 0.206. The molecule has 1 fully saturated rings. The second kappa shape index (κ2) is 8.67. The van der Waals surface area contributed by atoms with Crippen LogP contribution in [0.3, 0.4) is 0 Å². The van der Waals surface area contributed by atoms with Crippen molar-refractivity contribution >= 4 is 40.2 Å². The number of thioether (sulfide) groups is 1. The summed E-state index contributed by atoms with van der Waals surface area (Å²) in [5.41, 5.74) is 1.23. The van der Waals surface area contributed by atoms with Gasteiger partial charge in [-0.25, -0.2) is 0 Å². The van der Waals surface area contributed by atoms with Crippen LogP contribution in [0.2, 0.25) is 0 Å². The highest BCUT2D eigenvalue weighted by Crippen LogP contribution is 2.27. The molecular formula is C21H21N3O4S. The van der Waals surface area contributed by atoms with Crippen LogP contribution in [0, 0.1) is 0 Å². The predicted octanol–water partition coefficient (Wildman–Crippen LogP) is 3.16. The standard InChI is InChI=1S/C21H21N3O4S/c25-12-16-2-1-9-24(16)21(27)19-11-14-10-15(3-4-18(14)28-19)23-20(26)13-29-17-5-7-22-8-6-17/h3-8,10-11,16,25H,1-2,9,12-13H2,(H,23,26)/t16-/m0/s1. The van der Waals surface area contributed by atoms with Crippen LogP contribution in [0.4, 0.5) is 5.69 Å². The third kappa shape index (κ3) is 4.44. The molecule has 3 heterocycles. The Bertz CT molecular complexity index is 1020. The number of rotatable bonds is 6. The van der Waals surface area contributed by atoms with Crippen molar-refractivity contribution in [2.45, 2.75) is 23.8 Å². The number of hydrogen-bond donors (Lipinski definition) is 2. The Morgan fingerprint density at radius 3 is 2.86 bits per heavy atom. The maximum atomic E-state index is 12.7. The predicted molar refractivity (Wildman–Crippen MR) is 111 cm³/mol. The van der Waals surface area contributed by atoms with Gasteiger partial charge in [0.25, 0.3) is 5.91 Å². The average Bonchev–Trinajstić information content (AvgIpc) is 3.39. The summed E-state index contributed by atoms with van der Waals surface area (Å²) in [7, 11) is 0. The fraction of sp³-hybridized carbons (Fsp3) is 0.286. The molecule has 3 aromatic rings. The summed E-state index contributed by atoms with van der Waals surface area (Å²) in [4.78, 5) is 31.5. The van der Waals surface area contributed by atoms with E-state index in [1.807, 2.05) is 12.1 Å². The summed E-state index contributed by atoms with van der Waals surface area (Å²) in [5, 5.41) is 13.1. The second-order valence-corrected chi connectivity index (χ2v) is 7.91. The number of nitrogens with zero attached hydrogens (tertiary/aromatic N) is 2. The lowest BCUT2D eigenvalue weighted by Crippen LogP contribution is -2.37. The number of hydrogen-bond acceptors (Lipinski definition) is 6. The first-order valence-electron chi connectivity index (χ1n) is 9.42. The highest BCUT2D eigenvalue weighted by molar-refractivity contribution is 8.00. The zero-order valence-corrected chi connectivity index (χ0v) is 16.5. The Labute approximate surface area is 172 Å². The molecule has 1 saturated heterocycles. The summed E-state index contributed by atoms with van der Waals surface area (Å²) in [6.45, 7) is 0.581. The van der Waals surface area contributed by atoms with E-state index in [2.05, 4.69) is 10.3 Å². The zero-order chi connectivity index (χ0) is 20.2. The SMILES string of the molecule is O=C(CSc1ccncc1)Nc1ccc2oc(C(=O)N3CCC[C@H]3CO)cc2c1. The summed E-state index contributed by atoms with van der Waals surface area (Å²) >= 11 is 1.43. The van der Waals surface area contributed by atoms with Crippen LogP contribution in [0.25, 0.3) is 11.0 Å². The van der Waals surface area contributed by atoms with Gasteiger partial charge >= 0.3 is 0 Å². The first-order chi connectivity index (χ1) is 14.1. The Morgan fingerprint density at radius 1 is 1.24 bits per heavy atom. The van der Waals surface area contributed by atoms with Crippen LogP contribution in [-0.4, -0.2) is 51.8 Å². The molecule has 2 amide bonds. The van der Waals surface area contributed by atoms with Gasteiger partial charge in [0.2, 0.25) is 5.91 Å². The molecule has 8 heteroatoms. The summed E-state index contributed by atoms with van der Waals surface area (Å²) in [6, 6.07) is 10.5. The largest absolute Gasteiger partial charge is 0.451 e. The minimum atomic E-state index is -0.211. The van der Waals surface area contributed by atoms with Gasteiger partial charge in [-0.1, -0.05) is 0 Å². The number of fused-ring (bicyclic) bond motifs is 1. The summed E-state index contributed by atoms with van der Waals surface area (Å²) < 4.78 is 5.70. The molecule has 1 aliphatic heterocycles. The van der Waals surface area contributed by atoms with Crippen molar-refractivity contribution in [2.24, 2.45) is 0 Å². The third-order valence-corrected chi connectivity index (χ3v) is 5.89. The van der Waals surface area contributed by atoms with Crippen LogP contribution in [0.5, 0.6) is 0 Å². The highest BCUT2D eigenvalue weighted by Gasteiger charge is 2.30. The van der Waals surface area contributed by atoms with E-state index >= 15 is 0 Å². The molecule has 150 valence electrons. The molecule has 0 radical (unpaired) electrons. The molecule has 0 spiro atoms. The van der Waals surface area contributed by atoms with Gasteiger partial charge in [0, 0.05) is 34.9 Å². The van der Waals surface area contributed by atoms with Crippen molar-refractivity contribution in [2.75, 3.05) is 24.2 Å². The first-order valence-corrected chi connectivity index (χ1v) is 10.4. The number of carbonyl (C=O) groups excluding carboxylic acids is 2. The molecule has 2 N–H and O–H groups in total. The number of pyridine rings is 1. The maximum absolute atomic E-state index is 12.7. The first kappa shape index (κ1) is 19.5. The Morgan fingerprint density at radius 2 is 2.07 bits per heavy atom. The van der Waals surface area contributed by atoms with Crippen molar-refractivity contribution in [3.8, 4) is 0 Å². The van der Waals surface area contributed by atoms with Crippen molar-refractivity contribution in [3.05, 3.63) is 54.6 Å². The minimum Gasteiger partial charge on any atom is -0.451 e. The van der Waals surface area contributed by atoms with E-state index in [9.17, 15) is 14.7 Å². The van der Waals surface area contributed by atoms with Gasteiger partial charge in [0.1, 0.15) is 5.58 Å². The van der Waals surface area contributed by atoms with Crippen LogP contribution in [0.1, 0.15) is 23.4 Å². The number of likely N-dealkylation sites (tertiary alicyclic amines) is 1. The molecule has 7 nitrogen and oxygen atoms in total. The Balaban J connectivity index is 1.43. The monoisotopic (exact) mass is 411 g/mol. The smallest absolute Gasteiger partial charge is 0.289 e. The fourth-order valence-electron chi connectivity index (χ4n) is 3.44. The van der Waals surface area contributed by atoms with Crippen molar-refractivity contribution < 1.29 is 19.1 Å². The molecule has 29 heavy (non-hydrogen) atoms. The van der Waals surface area contributed by atoms with Crippen LogP contribution in [0.15, 0.2) is 58.1 Å². The van der Waals surface area contributed by atoms with E-state index in [-0.39, 0.29) is 36.0 Å². The minimum absolute atomic E-state index is 0.0420. The number of carbonyl (C=O) groups is 2.